The van der Waals surface area contributed by atoms with Crippen LogP contribution in [0, 0.1) is 0 Å². The zero-order valence-electron chi connectivity index (χ0n) is 11.7. The Labute approximate surface area is 131 Å². The van der Waals surface area contributed by atoms with Crippen molar-refractivity contribution >= 4 is 37.6 Å². The largest absolute Gasteiger partial charge is 0.277 e. The van der Waals surface area contributed by atoms with Gasteiger partial charge in [-0.2, -0.15) is 0 Å². The minimum atomic E-state index is -3.85. The molecule has 0 aliphatic carbocycles. The number of hydrogen-bond acceptors (Lipinski definition) is 6. The first kappa shape index (κ1) is 13.6. The third-order valence-corrected chi connectivity index (χ3v) is 4.81. The Bertz CT molecular complexity index is 1120. The number of benzene rings is 2. The van der Waals surface area contributed by atoms with Crippen molar-refractivity contribution in [2.75, 3.05) is 4.72 Å². The molecule has 4 rings (SSSR count). The number of anilines is 1. The maximum absolute atomic E-state index is 12.7. The summed E-state index contributed by atoms with van der Waals surface area (Å²) < 4.78 is 32.6. The van der Waals surface area contributed by atoms with Crippen LogP contribution in [0.5, 0.6) is 0 Å². The lowest BCUT2D eigenvalue weighted by Crippen LogP contribution is -2.14. The molecule has 0 atom stereocenters. The predicted octanol–water partition coefficient (Wildman–Crippen LogP) is 2.57. The van der Waals surface area contributed by atoms with Crippen molar-refractivity contribution in [1.29, 1.82) is 0 Å². The maximum Gasteiger partial charge on any atom is 0.264 e. The van der Waals surface area contributed by atoms with Gasteiger partial charge in [-0.3, -0.25) is 9.71 Å². The Balaban J connectivity index is 1.85. The van der Waals surface area contributed by atoms with Gasteiger partial charge in [0.15, 0.2) is 5.52 Å². The van der Waals surface area contributed by atoms with Crippen molar-refractivity contribution in [2.45, 2.75) is 4.90 Å². The second-order valence-electron chi connectivity index (χ2n) is 4.87. The lowest BCUT2D eigenvalue weighted by atomic mass is 10.2. The molecule has 0 fully saturated rings. The van der Waals surface area contributed by atoms with E-state index in [-0.39, 0.29) is 10.4 Å². The summed E-state index contributed by atoms with van der Waals surface area (Å²) in [6, 6.07) is 13.6. The van der Waals surface area contributed by atoms with E-state index in [1.807, 2.05) is 12.1 Å². The van der Waals surface area contributed by atoms with Crippen LogP contribution in [0.15, 0.2) is 64.3 Å². The maximum atomic E-state index is 12.7. The molecule has 0 unspecified atom stereocenters. The molecule has 0 amide bonds. The second kappa shape index (κ2) is 5.03. The van der Waals surface area contributed by atoms with Gasteiger partial charge in [-0.15, -0.1) is 0 Å². The van der Waals surface area contributed by atoms with Gasteiger partial charge in [0.1, 0.15) is 10.4 Å². The molecule has 7 nitrogen and oxygen atoms in total. The number of rotatable bonds is 3. The summed E-state index contributed by atoms with van der Waals surface area (Å²) in [4.78, 5) is 4.24. The van der Waals surface area contributed by atoms with Crippen LogP contribution in [-0.4, -0.2) is 23.7 Å². The molecule has 2 aromatic carbocycles. The van der Waals surface area contributed by atoms with Crippen LogP contribution >= 0.6 is 0 Å². The number of nitrogens with zero attached hydrogens (tertiary/aromatic N) is 3. The predicted molar refractivity (Wildman–Crippen MR) is 84.4 cm³/mol. The summed E-state index contributed by atoms with van der Waals surface area (Å²) >= 11 is 0. The third-order valence-electron chi connectivity index (χ3n) is 3.42. The third kappa shape index (κ3) is 2.29. The van der Waals surface area contributed by atoms with E-state index in [4.69, 9.17) is 0 Å². The zero-order valence-corrected chi connectivity index (χ0v) is 12.5. The molecule has 2 aromatic heterocycles. The molecule has 0 saturated heterocycles. The van der Waals surface area contributed by atoms with Gasteiger partial charge in [-0.25, -0.2) is 13.0 Å². The molecule has 0 aliphatic heterocycles. The van der Waals surface area contributed by atoms with Crippen LogP contribution in [0.4, 0.5) is 5.69 Å². The SMILES string of the molecule is O=S(=O)(Nc1cccc2cccnc12)c1cccc2nonc12. The molecule has 0 radical (unpaired) electrons. The van der Waals surface area contributed by atoms with Gasteiger partial charge in [0.25, 0.3) is 10.0 Å². The average Bonchev–Trinajstić information content (AvgIpc) is 3.03. The Morgan fingerprint density at radius 2 is 1.74 bits per heavy atom. The van der Waals surface area contributed by atoms with Crippen molar-refractivity contribution < 1.29 is 13.0 Å². The van der Waals surface area contributed by atoms with E-state index in [0.29, 0.717) is 16.7 Å². The van der Waals surface area contributed by atoms with Crippen LogP contribution < -0.4 is 4.72 Å². The summed E-state index contributed by atoms with van der Waals surface area (Å²) in [5, 5.41) is 8.17. The van der Waals surface area contributed by atoms with Crippen LogP contribution in [0.3, 0.4) is 0 Å². The molecule has 4 aromatic rings. The van der Waals surface area contributed by atoms with Gasteiger partial charge in [0.05, 0.1) is 11.2 Å². The molecule has 0 spiro atoms. The number of aromatic nitrogens is 3. The molecule has 1 N–H and O–H groups in total. The summed E-state index contributed by atoms with van der Waals surface area (Å²) in [5.41, 5.74) is 1.54. The minimum Gasteiger partial charge on any atom is -0.277 e. The smallest absolute Gasteiger partial charge is 0.264 e. The fraction of sp³-hybridized carbons (Fsp3) is 0. The highest BCUT2D eigenvalue weighted by molar-refractivity contribution is 7.93. The first-order chi connectivity index (χ1) is 11.1. The monoisotopic (exact) mass is 326 g/mol. The van der Waals surface area contributed by atoms with Gasteiger partial charge in [0, 0.05) is 11.6 Å². The molecule has 114 valence electrons. The highest BCUT2D eigenvalue weighted by Gasteiger charge is 2.21. The molecule has 0 aliphatic rings. The second-order valence-corrected chi connectivity index (χ2v) is 6.53. The van der Waals surface area contributed by atoms with Crippen molar-refractivity contribution in [3.8, 4) is 0 Å². The molecule has 0 bridgehead atoms. The summed E-state index contributed by atoms with van der Waals surface area (Å²) in [6.45, 7) is 0. The van der Waals surface area contributed by atoms with Crippen molar-refractivity contribution in [1.82, 2.24) is 15.3 Å². The normalized spacial score (nSPS) is 11.8. The molecule has 0 saturated carbocycles. The van der Waals surface area contributed by atoms with Crippen LogP contribution in [0.1, 0.15) is 0 Å². The van der Waals surface area contributed by atoms with E-state index in [2.05, 4.69) is 24.6 Å². The molecular weight excluding hydrogens is 316 g/mol. The molecule has 23 heavy (non-hydrogen) atoms. The van der Waals surface area contributed by atoms with Crippen LogP contribution in [0.2, 0.25) is 0 Å². The Morgan fingerprint density at radius 1 is 0.913 bits per heavy atom. The number of hydrogen-bond donors (Lipinski definition) is 1. The van der Waals surface area contributed by atoms with Crippen molar-refractivity contribution in [2.24, 2.45) is 0 Å². The minimum absolute atomic E-state index is 0.00387. The topological polar surface area (TPSA) is 98.0 Å². The molecule has 8 heteroatoms. The summed E-state index contributed by atoms with van der Waals surface area (Å²) in [5.74, 6) is 0. The van der Waals surface area contributed by atoms with Gasteiger partial charge in [-0.1, -0.05) is 24.3 Å². The van der Waals surface area contributed by atoms with Gasteiger partial charge < -0.3 is 0 Å². The first-order valence-electron chi connectivity index (χ1n) is 6.73. The fourth-order valence-corrected chi connectivity index (χ4v) is 3.60. The van der Waals surface area contributed by atoms with Crippen LogP contribution in [-0.2, 0) is 10.0 Å². The van der Waals surface area contributed by atoms with Gasteiger partial charge in [0.2, 0.25) is 0 Å². The Kier molecular flexibility index (Phi) is 2.98. The van der Waals surface area contributed by atoms with Gasteiger partial charge >= 0.3 is 0 Å². The van der Waals surface area contributed by atoms with E-state index in [0.717, 1.165) is 5.39 Å². The zero-order chi connectivity index (χ0) is 15.9. The van der Waals surface area contributed by atoms with Crippen molar-refractivity contribution in [3.63, 3.8) is 0 Å². The number of para-hydroxylation sites is 1. The Morgan fingerprint density at radius 3 is 2.65 bits per heavy atom. The van der Waals surface area contributed by atoms with E-state index >= 15 is 0 Å². The fourth-order valence-electron chi connectivity index (χ4n) is 2.38. The highest BCUT2D eigenvalue weighted by atomic mass is 32.2. The highest BCUT2D eigenvalue weighted by Crippen LogP contribution is 2.26. The van der Waals surface area contributed by atoms with E-state index in [9.17, 15) is 8.42 Å². The number of sulfonamides is 1. The first-order valence-corrected chi connectivity index (χ1v) is 8.21. The average molecular weight is 326 g/mol. The summed E-state index contributed by atoms with van der Waals surface area (Å²) in [6.07, 6.45) is 1.61. The van der Waals surface area contributed by atoms with E-state index < -0.39 is 10.0 Å². The number of pyridine rings is 1. The van der Waals surface area contributed by atoms with E-state index in [1.165, 1.54) is 6.07 Å². The van der Waals surface area contributed by atoms with E-state index in [1.54, 1.807) is 36.5 Å². The number of nitrogens with one attached hydrogen (secondary N) is 1. The van der Waals surface area contributed by atoms with Crippen molar-refractivity contribution in [3.05, 3.63) is 54.7 Å². The lowest BCUT2D eigenvalue weighted by molar-refractivity contribution is 0.315. The molecule has 2 heterocycles. The standard InChI is InChI=1S/C15H10N4O3S/c20-23(21,13-8-2-6-11-15(13)18-22-17-11)19-12-7-1-4-10-5-3-9-16-14(10)12/h1-9,19H. The van der Waals surface area contributed by atoms with Gasteiger partial charge in [-0.05, 0) is 34.6 Å². The number of fused-ring (bicyclic) bond motifs is 2. The Hall–Kier alpha value is -3.00. The molecular formula is C15H10N4O3S. The quantitative estimate of drug-likeness (QED) is 0.621. The lowest BCUT2D eigenvalue weighted by Gasteiger charge is -2.10. The van der Waals surface area contributed by atoms with Crippen LogP contribution in [0.25, 0.3) is 21.9 Å². The summed E-state index contributed by atoms with van der Waals surface area (Å²) in [7, 11) is -3.85.